The first-order chi connectivity index (χ1) is 6.82. The van der Waals surface area contributed by atoms with Gasteiger partial charge in [0.25, 0.3) is 0 Å². The summed E-state index contributed by atoms with van der Waals surface area (Å²) in [5.41, 5.74) is 2.05. The van der Waals surface area contributed by atoms with Crippen molar-refractivity contribution in [2.24, 2.45) is 0 Å². The predicted octanol–water partition coefficient (Wildman–Crippen LogP) is 1.39. The van der Waals surface area contributed by atoms with Gasteiger partial charge in [-0.15, -0.1) is 0 Å². The topological polar surface area (TPSA) is 51.2 Å². The van der Waals surface area contributed by atoms with E-state index in [9.17, 15) is 13.8 Å². The molecule has 1 heterocycles. The lowest BCUT2D eigenvalue weighted by atomic mass is 9.90. The first kappa shape index (κ1) is 12.3. The molecule has 0 spiro atoms. The summed E-state index contributed by atoms with van der Waals surface area (Å²) < 4.78 is 10.7. The second-order valence-electron chi connectivity index (χ2n) is 4.17. The highest BCUT2D eigenvalue weighted by Crippen LogP contribution is 2.33. The molecule has 0 saturated heterocycles. The molecule has 0 bridgehead atoms. The normalized spacial score (nSPS) is 25.2. The first-order valence-corrected chi connectivity index (χ1v) is 6.20. The standard InChI is InChI=1S/C11H16O3S/c1-7-5-11(9(3)12,10(4)13)15(14)6-8(7)2/h5-6H2,1-4H3. The Balaban J connectivity index is 3.29. The second-order valence-corrected chi connectivity index (χ2v) is 5.84. The van der Waals surface area contributed by atoms with Crippen LogP contribution in [0.15, 0.2) is 11.1 Å². The predicted molar refractivity (Wildman–Crippen MR) is 60.1 cm³/mol. The van der Waals surface area contributed by atoms with Gasteiger partial charge in [0.2, 0.25) is 0 Å². The summed E-state index contributed by atoms with van der Waals surface area (Å²) in [5, 5.41) is 0. The molecule has 3 nitrogen and oxygen atoms in total. The van der Waals surface area contributed by atoms with E-state index < -0.39 is 15.5 Å². The fourth-order valence-corrected chi connectivity index (χ4v) is 3.77. The fraction of sp³-hybridized carbons (Fsp3) is 0.636. The van der Waals surface area contributed by atoms with Crippen molar-refractivity contribution >= 4 is 22.4 Å². The summed E-state index contributed by atoms with van der Waals surface area (Å²) in [6.45, 7) is 6.50. The van der Waals surface area contributed by atoms with Gasteiger partial charge in [-0.25, -0.2) is 0 Å². The van der Waals surface area contributed by atoms with Gasteiger partial charge in [0.1, 0.15) is 0 Å². The molecule has 1 atom stereocenters. The molecule has 0 aromatic rings. The van der Waals surface area contributed by atoms with Gasteiger partial charge in [-0.2, -0.15) is 0 Å². The van der Waals surface area contributed by atoms with E-state index >= 15 is 0 Å². The van der Waals surface area contributed by atoms with Gasteiger partial charge >= 0.3 is 0 Å². The first-order valence-electron chi connectivity index (χ1n) is 4.88. The Bertz CT molecular complexity index is 365. The lowest BCUT2D eigenvalue weighted by Gasteiger charge is -2.32. The number of hydrogen-bond acceptors (Lipinski definition) is 3. The van der Waals surface area contributed by atoms with Crippen LogP contribution in [-0.4, -0.2) is 26.3 Å². The second kappa shape index (κ2) is 4.00. The van der Waals surface area contributed by atoms with E-state index in [2.05, 4.69) is 0 Å². The minimum Gasteiger partial charge on any atom is -0.298 e. The van der Waals surface area contributed by atoms with Crippen LogP contribution in [0.25, 0.3) is 0 Å². The lowest BCUT2D eigenvalue weighted by Crippen LogP contribution is -2.51. The van der Waals surface area contributed by atoms with Crippen LogP contribution in [0.1, 0.15) is 34.1 Å². The highest BCUT2D eigenvalue weighted by atomic mass is 32.2. The molecule has 0 radical (unpaired) electrons. The molecule has 0 saturated carbocycles. The van der Waals surface area contributed by atoms with Gasteiger partial charge in [0, 0.05) is 16.6 Å². The Morgan fingerprint density at radius 1 is 1.13 bits per heavy atom. The number of Topliss-reactive ketones (excluding diaryl/α,β-unsaturated/α-hetero) is 2. The van der Waals surface area contributed by atoms with Crippen LogP contribution in [0, 0.1) is 0 Å². The average Bonchev–Trinajstić information content (AvgIpc) is 2.10. The van der Waals surface area contributed by atoms with Gasteiger partial charge in [0.15, 0.2) is 16.3 Å². The molecule has 0 fully saturated rings. The zero-order valence-corrected chi connectivity index (χ0v) is 10.4. The smallest absolute Gasteiger partial charge is 0.165 e. The van der Waals surface area contributed by atoms with Crippen LogP contribution < -0.4 is 0 Å². The van der Waals surface area contributed by atoms with Crippen LogP contribution >= 0.6 is 0 Å². The quantitative estimate of drug-likeness (QED) is 0.530. The molecular formula is C11H16O3S. The molecule has 0 N–H and O–H groups in total. The van der Waals surface area contributed by atoms with Crippen LogP contribution in [-0.2, 0) is 20.4 Å². The molecule has 84 valence electrons. The van der Waals surface area contributed by atoms with Crippen molar-refractivity contribution in [1.29, 1.82) is 0 Å². The largest absolute Gasteiger partial charge is 0.298 e. The minimum absolute atomic E-state index is 0.278. The van der Waals surface area contributed by atoms with Crippen molar-refractivity contribution in [2.75, 3.05) is 5.75 Å². The average molecular weight is 228 g/mol. The Morgan fingerprint density at radius 2 is 1.60 bits per heavy atom. The van der Waals surface area contributed by atoms with Crippen molar-refractivity contribution in [3.63, 3.8) is 0 Å². The number of carbonyl (C=O) groups excluding carboxylic acids is 2. The Labute approximate surface area is 92.4 Å². The maximum Gasteiger partial charge on any atom is 0.165 e. The Hall–Kier alpha value is -0.770. The molecule has 0 aliphatic carbocycles. The van der Waals surface area contributed by atoms with E-state index in [0.717, 1.165) is 11.1 Å². The van der Waals surface area contributed by atoms with Crippen molar-refractivity contribution in [3.8, 4) is 0 Å². The number of rotatable bonds is 2. The third-order valence-electron chi connectivity index (χ3n) is 3.12. The lowest BCUT2D eigenvalue weighted by molar-refractivity contribution is -0.128. The third-order valence-corrected chi connectivity index (χ3v) is 5.31. The third kappa shape index (κ3) is 1.83. The molecule has 1 aliphatic heterocycles. The summed E-state index contributed by atoms with van der Waals surface area (Å²) in [7, 11) is -1.40. The highest BCUT2D eigenvalue weighted by molar-refractivity contribution is 7.88. The van der Waals surface area contributed by atoms with Crippen LogP contribution in [0.4, 0.5) is 0 Å². The summed E-state index contributed by atoms with van der Waals surface area (Å²) in [5.74, 6) is -0.217. The van der Waals surface area contributed by atoms with Crippen LogP contribution in [0.5, 0.6) is 0 Å². The van der Waals surface area contributed by atoms with Crippen molar-refractivity contribution in [2.45, 2.75) is 38.9 Å². The summed E-state index contributed by atoms with van der Waals surface area (Å²) >= 11 is 0. The molecule has 1 unspecified atom stereocenters. The van der Waals surface area contributed by atoms with Gasteiger partial charge < -0.3 is 0 Å². The van der Waals surface area contributed by atoms with E-state index in [1.807, 2.05) is 13.8 Å². The molecular weight excluding hydrogens is 212 g/mol. The number of hydrogen-bond donors (Lipinski definition) is 0. The Kier molecular flexibility index (Phi) is 3.28. The van der Waals surface area contributed by atoms with Gasteiger partial charge in [-0.1, -0.05) is 11.1 Å². The summed E-state index contributed by atoms with van der Waals surface area (Å²) in [6.07, 6.45) is 0.316. The molecule has 15 heavy (non-hydrogen) atoms. The zero-order chi connectivity index (χ0) is 11.8. The maximum atomic E-state index is 12.0. The van der Waals surface area contributed by atoms with E-state index in [1.165, 1.54) is 13.8 Å². The van der Waals surface area contributed by atoms with Gasteiger partial charge in [0.05, 0.1) is 0 Å². The SMILES string of the molecule is CC(=O)C1(C(C)=O)CC(C)=C(C)CS1=O. The van der Waals surface area contributed by atoms with Crippen LogP contribution in [0.2, 0.25) is 0 Å². The van der Waals surface area contributed by atoms with E-state index in [0.29, 0.717) is 12.2 Å². The van der Waals surface area contributed by atoms with Crippen molar-refractivity contribution < 1.29 is 13.8 Å². The van der Waals surface area contributed by atoms with Gasteiger partial charge in [-0.3, -0.25) is 13.8 Å². The van der Waals surface area contributed by atoms with E-state index in [-0.39, 0.29) is 11.6 Å². The van der Waals surface area contributed by atoms with Crippen LogP contribution in [0.3, 0.4) is 0 Å². The zero-order valence-electron chi connectivity index (χ0n) is 9.55. The van der Waals surface area contributed by atoms with E-state index in [4.69, 9.17) is 0 Å². The molecule has 4 heteroatoms. The fourth-order valence-electron chi connectivity index (χ4n) is 1.87. The summed E-state index contributed by atoms with van der Waals surface area (Å²) in [6, 6.07) is 0. The minimum atomic E-state index is -1.40. The number of carbonyl (C=O) groups is 2. The molecule has 0 aromatic heterocycles. The van der Waals surface area contributed by atoms with E-state index in [1.54, 1.807) is 0 Å². The van der Waals surface area contributed by atoms with Gasteiger partial charge in [-0.05, 0) is 34.1 Å². The Morgan fingerprint density at radius 3 is 2.00 bits per heavy atom. The highest BCUT2D eigenvalue weighted by Gasteiger charge is 2.48. The number of ketones is 2. The van der Waals surface area contributed by atoms with Crippen molar-refractivity contribution in [3.05, 3.63) is 11.1 Å². The molecule has 1 rings (SSSR count). The monoisotopic (exact) mass is 228 g/mol. The molecule has 1 aliphatic rings. The number of allylic oxidation sites excluding steroid dienone is 1. The summed E-state index contributed by atoms with van der Waals surface area (Å²) in [4.78, 5) is 23.2. The molecule has 0 aromatic carbocycles. The maximum absolute atomic E-state index is 12.0. The van der Waals surface area contributed by atoms with Crippen molar-refractivity contribution in [1.82, 2.24) is 0 Å². The molecule has 0 amide bonds.